The van der Waals surface area contributed by atoms with Crippen LogP contribution in [0, 0.1) is 10.1 Å². The van der Waals surface area contributed by atoms with Crippen LogP contribution in [0.5, 0.6) is 0 Å². The van der Waals surface area contributed by atoms with Gasteiger partial charge in [-0.05, 0) is 25.0 Å². The van der Waals surface area contributed by atoms with Crippen molar-refractivity contribution >= 4 is 23.3 Å². The van der Waals surface area contributed by atoms with Gasteiger partial charge in [0, 0.05) is 18.7 Å². The molecule has 0 saturated carbocycles. The summed E-state index contributed by atoms with van der Waals surface area (Å²) < 4.78 is 0. The van der Waals surface area contributed by atoms with E-state index in [2.05, 4.69) is 5.32 Å². The van der Waals surface area contributed by atoms with E-state index in [4.69, 9.17) is 16.7 Å². The lowest BCUT2D eigenvalue weighted by molar-refractivity contribution is -0.384. The number of benzene rings is 1. The van der Waals surface area contributed by atoms with Gasteiger partial charge in [0.2, 0.25) is 0 Å². The van der Waals surface area contributed by atoms with Crippen molar-refractivity contribution in [3.05, 3.63) is 38.9 Å². The van der Waals surface area contributed by atoms with Crippen molar-refractivity contribution < 1.29 is 14.8 Å². The minimum atomic E-state index is -1.05. The van der Waals surface area contributed by atoms with Crippen LogP contribution in [-0.2, 0) is 11.3 Å². The van der Waals surface area contributed by atoms with Crippen LogP contribution in [0.2, 0.25) is 5.02 Å². The summed E-state index contributed by atoms with van der Waals surface area (Å²) in [7, 11) is 0. The standard InChI is InChI=1S/C12H15ClN2O4/c1-3-12(2,11(16)17)14-7-8-4-5-9(15(18)19)6-10(8)13/h4-6,14H,3,7H2,1-2H3,(H,16,17). The molecule has 0 aliphatic carbocycles. The van der Waals surface area contributed by atoms with Crippen molar-refractivity contribution in [1.29, 1.82) is 0 Å². The number of nitrogens with zero attached hydrogens (tertiary/aromatic N) is 1. The minimum Gasteiger partial charge on any atom is -0.480 e. The van der Waals surface area contributed by atoms with Gasteiger partial charge in [0.15, 0.2) is 0 Å². The first-order valence-corrected chi connectivity index (χ1v) is 6.09. The van der Waals surface area contributed by atoms with Gasteiger partial charge < -0.3 is 5.11 Å². The van der Waals surface area contributed by atoms with Crippen molar-refractivity contribution in [2.75, 3.05) is 0 Å². The normalized spacial score (nSPS) is 13.8. The van der Waals surface area contributed by atoms with Gasteiger partial charge in [-0.2, -0.15) is 0 Å². The summed E-state index contributed by atoms with van der Waals surface area (Å²) in [5, 5.41) is 22.8. The molecule has 0 aromatic heterocycles. The predicted octanol–water partition coefficient (Wildman–Crippen LogP) is 2.59. The van der Waals surface area contributed by atoms with Gasteiger partial charge in [0.25, 0.3) is 5.69 Å². The Hall–Kier alpha value is -1.66. The number of hydrogen-bond donors (Lipinski definition) is 2. The van der Waals surface area contributed by atoms with Gasteiger partial charge in [0.05, 0.1) is 9.95 Å². The summed E-state index contributed by atoms with van der Waals surface area (Å²) >= 11 is 5.93. The summed E-state index contributed by atoms with van der Waals surface area (Å²) in [6.07, 6.45) is 0.410. The highest BCUT2D eigenvalue weighted by molar-refractivity contribution is 6.31. The minimum absolute atomic E-state index is 0.0924. The second-order valence-corrected chi connectivity index (χ2v) is 4.78. The Morgan fingerprint density at radius 2 is 2.21 bits per heavy atom. The number of nitro benzene ring substituents is 1. The van der Waals surface area contributed by atoms with Crippen LogP contribution in [0.15, 0.2) is 18.2 Å². The summed E-state index contributed by atoms with van der Waals surface area (Å²) in [6, 6.07) is 4.11. The molecule has 0 saturated heterocycles. The van der Waals surface area contributed by atoms with Crippen LogP contribution in [0.1, 0.15) is 25.8 Å². The molecule has 0 fully saturated rings. The lowest BCUT2D eigenvalue weighted by Crippen LogP contribution is -2.48. The molecule has 7 heteroatoms. The third-order valence-corrected chi connectivity index (χ3v) is 3.45. The van der Waals surface area contributed by atoms with Gasteiger partial charge in [-0.3, -0.25) is 20.2 Å². The average Bonchev–Trinajstić information content (AvgIpc) is 2.36. The van der Waals surface area contributed by atoms with Crippen LogP contribution in [0.3, 0.4) is 0 Å². The molecule has 1 rings (SSSR count). The van der Waals surface area contributed by atoms with Crippen molar-refractivity contribution in [1.82, 2.24) is 5.32 Å². The van der Waals surface area contributed by atoms with Gasteiger partial charge in [-0.1, -0.05) is 18.5 Å². The van der Waals surface area contributed by atoms with E-state index in [1.165, 1.54) is 18.2 Å². The van der Waals surface area contributed by atoms with Crippen molar-refractivity contribution in [3.8, 4) is 0 Å². The SMILES string of the molecule is CCC(C)(NCc1ccc([N+](=O)[O-])cc1Cl)C(=O)O. The van der Waals surface area contributed by atoms with Crippen LogP contribution in [0.25, 0.3) is 0 Å². The molecule has 1 aromatic carbocycles. The maximum absolute atomic E-state index is 11.1. The molecule has 1 aromatic rings. The molecule has 6 nitrogen and oxygen atoms in total. The number of carboxylic acids is 1. The zero-order chi connectivity index (χ0) is 14.6. The lowest BCUT2D eigenvalue weighted by atomic mass is 9.99. The molecule has 2 N–H and O–H groups in total. The van der Waals surface area contributed by atoms with E-state index in [0.29, 0.717) is 12.0 Å². The van der Waals surface area contributed by atoms with Crippen molar-refractivity contribution in [2.45, 2.75) is 32.4 Å². The van der Waals surface area contributed by atoms with Crippen LogP contribution >= 0.6 is 11.6 Å². The molecule has 0 radical (unpaired) electrons. The number of nitro groups is 1. The Morgan fingerprint density at radius 1 is 1.58 bits per heavy atom. The summed E-state index contributed by atoms with van der Waals surface area (Å²) in [5.41, 5.74) is -0.524. The molecule has 19 heavy (non-hydrogen) atoms. The van der Waals surface area contributed by atoms with Crippen LogP contribution in [-0.4, -0.2) is 21.5 Å². The molecule has 0 aliphatic heterocycles. The summed E-state index contributed by atoms with van der Waals surface area (Å²) in [6.45, 7) is 3.57. The van der Waals surface area contributed by atoms with Gasteiger partial charge in [0.1, 0.15) is 5.54 Å². The van der Waals surface area contributed by atoms with E-state index in [9.17, 15) is 14.9 Å². The third kappa shape index (κ3) is 3.65. The molecule has 1 atom stereocenters. The second kappa shape index (κ2) is 5.99. The number of nitrogens with one attached hydrogen (secondary N) is 1. The quantitative estimate of drug-likeness (QED) is 0.619. The fourth-order valence-electron chi connectivity index (χ4n) is 1.44. The number of carboxylic acid groups (broad SMARTS) is 1. The third-order valence-electron chi connectivity index (χ3n) is 3.10. The maximum Gasteiger partial charge on any atom is 0.323 e. The Bertz CT molecular complexity index is 507. The van der Waals surface area contributed by atoms with E-state index in [0.717, 1.165) is 0 Å². The second-order valence-electron chi connectivity index (χ2n) is 4.38. The molecule has 104 valence electrons. The topological polar surface area (TPSA) is 92.5 Å². The lowest BCUT2D eigenvalue weighted by Gasteiger charge is -2.24. The molecule has 0 aliphatic rings. The summed E-state index contributed by atoms with van der Waals surface area (Å²) in [5.74, 6) is -0.951. The first-order valence-electron chi connectivity index (χ1n) is 5.71. The highest BCUT2D eigenvalue weighted by atomic mass is 35.5. The number of carbonyl (C=O) groups is 1. The maximum atomic E-state index is 11.1. The van der Waals surface area contributed by atoms with E-state index in [-0.39, 0.29) is 17.3 Å². The van der Waals surface area contributed by atoms with E-state index < -0.39 is 16.4 Å². The predicted molar refractivity (Wildman–Crippen MR) is 71.3 cm³/mol. The van der Waals surface area contributed by atoms with Crippen LogP contribution < -0.4 is 5.32 Å². The average molecular weight is 287 g/mol. The zero-order valence-corrected chi connectivity index (χ0v) is 11.4. The van der Waals surface area contributed by atoms with Crippen LogP contribution in [0.4, 0.5) is 5.69 Å². The van der Waals surface area contributed by atoms with E-state index in [1.54, 1.807) is 13.8 Å². The highest BCUT2D eigenvalue weighted by Gasteiger charge is 2.30. The molecule has 0 bridgehead atoms. The number of hydrogen-bond acceptors (Lipinski definition) is 4. The monoisotopic (exact) mass is 286 g/mol. The first-order chi connectivity index (χ1) is 8.80. The van der Waals surface area contributed by atoms with E-state index in [1.807, 2.05) is 0 Å². The Morgan fingerprint density at radius 3 is 2.63 bits per heavy atom. The molecule has 0 heterocycles. The fourth-order valence-corrected chi connectivity index (χ4v) is 1.68. The van der Waals surface area contributed by atoms with Gasteiger partial charge in [-0.25, -0.2) is 0 Å². The largest absolute Gasteiger partial charge is 0.480 e. The van der Waals surface area contributed by atoms with Gasteiger partial charge >= 0.3 is 5.97 Å². The number of non-ortho nitro benzene ring substituents is 1. The molecule has 0 amide bonds. The first kappa shape index (κ1) is 15.4. The molecular weight excluding hydrogens is 272 g/mol. The fraction of sp³-hybridized carbons (Fsp3) is 0.417. The zero-order valence-electron chi connectivity index (χ0n) is 10.6. The smallest absolute Gasteiger partial charge is 0.323 e. The van der Waals surface area contributed by atoms with Crippen molar-refractivity contribution in [3.63, 3.8) is 0 Å². The Kier molecular flexibility index (Phi) is 4.85. The van der Waals surface area contributed by atoms with E-state index >= 15 is 0 Å². The Labute approximate surface area is 115 Å². The van der Waals surface area contributed by atoms with Crippen molar-refractivity contribution in [2.24, 2.45) is 0 Å². The molecule has 0 spiro atoms. The Balaban J connectivity index is 2.84. The molecule has 1 unspecified atom stereocenters. The number of aliphatic carboxylic acids is 1. The molecular formula is C12H15ClN2O4. The number of halogens is 1. The highest BCUT2D eigenvalue weighted by Crippen LogP contribution is 2.23. The number of rotatable bonds is 6. The summed E-state index contributed by atoms with van der Waals surface area (Å²) in [4.78, 5) is 21.2. The van der Waals surface area contributed by atoms with Gasteiger partial charge in [-0.15, -0.1) is 0 Å².